The van der Waals surface area contributed by atoms with E-state index in [0.29, 0.717) is 17.6 Å². The molecule has 160 valence electrons. The van der Waals surface area contributed by atoms with E-state index in [1.807, 2.05) is 18.2 Å². The van der Waals surface area contributed by atoms with Crippen molar-refractivity contribution in [1.82, 2.24) is 25.5 Å². The van der Waals surface area contributed by atoms with Gasteiger partial charge >= 0.3 is 0 Å². The molecule has 0 atom stereocenters. The van der Waals surface area contributed by atoms with Gasteiger partial charge in [-0.1, -0.05) is 17.4 Å². The third-order valence-corrected chi connectivity index (χ3v) is 7.43. The van der Waals surface area contributed by atoms with E-state index in [9.17, 15) is 5.11 Å². The minimum absolute atomic E-state index is 0.203. The Morgan fingerprint density at radius 1 is 1.13 bits per heavy atom. The smallest absolute Gasteiger partial charge is 0.186 e. The van der Waals surface area contributed by atoms with Crippen LogP contribution in [0.5, 0.6) is 5.75 Å². The van der Waals surface area contributed by atoms with Crippen molar-refractivity contribution in [1.29, 1.82) is 0 Å². The predicted octanol–water partition coefficient (Wildman–Crippen LogP) is 4.42. The molecule has 3 N–H and O–H groups in total. The van der Waals surface area contributed by atoms with E-state index < -0.39 is 0 Å². The number of anilines is 1. The van der Waals surface area contributed by atoms with Gasteiger partial charge in [0.05, 0.1) is 22.8 Å². The summed E-state index contributed by atoms with van der Waals surface area (Å²) < 4.78 is 1.08. The molecule has 3 aromatic heterocycles. The van der Waals surface area contributed by atoms with Crippen LogP contribution >= 0.6 is 11.3 Å². The van der Waals surface area contributed by atoms with E-state index in [-0.39, 0.29) is 5.75 Å². The summed E-state index contributed by atoms with van der Waals surface area (Å²) in [6.07, 6.45) is 10.1. The molecule has 0 radical (unpaired) electrons. The van der Waals surface area contributed by atoms with Gasteiger partial charge in [-0.15, -0.1) is 0 Å². The molecule has 7 nitrogen and oxygen atoms in total. The first-order valence-electron chi connectivity index (χ1n) is 10.6. The van der Waals surface area contributed by atoms with E-state index in [4.69, 9.17) is 4.98 Å². The van der Waals surface area contributed by atoms with E-state index >= 15 is 0 Å². The normalized spacial score (nSPS) is 19.0. The molecule has 1 aromatic carbocycles. The van der Waals surface area contributed by atoms with Gasteiger partial charge in [0, 0.05) is 36.5 Å². The van der Waals surface area contributed by atoms with E-state index in [2.05, 4.69) is 39.5 Å². The molecule has 0 saturated heterocycles. The lowest BCUT2D eigenvalue weighted by Crippen LogP contribution is -2.39. The first kappa shape index (κ1) is 20.0. The van der Waals surface area contributed by atoms with Crippen LogP contribution in [0.4, 0.5) is 5.13 Å². The lowest BCUT2D eigenvalue weighted by Gasteiger charge is -2.34. The van der Waals surface area contributed by atoms with Gasteiger partial charge in [-0.25, -0.2) is 4.98 Å². The number of pyridine rings is 1. The Labute approximate surface area is 185 Å². The second-order valence-electron chi connectivity index (χ2n) is 8.16. The number of fused-ring (bicyclic) bond motifs is 1. The highest BCUT2D eigenvalue weighted by atomic mass is 32.1. The maximum atomic E-state index is 10.6. The minimum Gasteiger partial charge on any atom is -0.507 e. The molecule has 8 heteroatoms. The van der Waals surface area contributed by atoms with Crippen LogP contribution in [-0.2, 0) is 0 Å². The fourth-order valence-electron chi connectivity index (χ4n) is 4.36. The van der Waals surface area contributed by atoms with Crippen LogP contribution in [0, 0.1) is 0 Å². The molecular formula is C23H26N6OS. The molecule has 4 aromatic rings. The number of H-pyrrole nitrogens is 1. The topological polar surface area (TPSA) is 90.0 Å². The standard InChI is InChI=1S/C23H26N6OS/c1-24-16-4-6-17(7-5-16)29(2)23-28-20-13-25-19(10-22(20)31-23)18-8-3-14(9-21(18)30)15-11-26-27-12-15/h3,8-13,16-17,24,30H,4-7H2,1-2H3,(H,26,27). The number of rotatable bonds is 5. The SMILES string of the molecule is CNC1CCC(N(C)c2nc3cnc(-c4ccc(-c5cn[nH]c5)cc4O)cc3s2)CC1. The number of nitrogens with one attached hydrogen (secondary N) is 2. The zero-order chi connectivity index (χ0) is 21.4. The van der Waals surface area contributed by atoms with Crippen LogP contribution in [0.3, 0.4) is 0 Å². The summed E-state index contributed by atoms with van der Waals surface area (Å²) in [7, 11) is 4.20. The number of phenols is 1. The Bertz CT molecular complexity index is 1180. The number of benzene rings is 1. The summed E-state index contributed by atoms with van der Waals surface area (Å²) in [5.74, 6) is 0.203. The Balaban J connectivity index is 1.40. The van der Waals surface area contributed by atoms with E-state index in [1.165, 1.54) is 25.7 Å². The molecule has 0 unspecified atom stereocenters. The van der Waals surface area contributed by atoms with Gasteiger partial charge in [-0.05, 0) is 56.5 Å². The summed E-state index contributed by atoms with van der Waals surface area (Å²) in [6, 6.07) is 8.81. The largest absolute Gasteiger partial charge is 0.507 e. The number of hydrogen-bond donors (Lipinski definition) is 3. The average Bonchev–Trinajstić information content (AvgIpc) is 3.48. The van der Waals surface area contributed by atoms with Crippen molar-refractivity contribution in [2.75, 3.05) is 19.0 Å². The van der Waals surface area contributed by atoms with Crippen molar-refractivity contribution in [3.63, 3.8) is 0 Å². The number of thiazole rings is 1. The molecule has 1 aliphatic rings. The maximum Gasteiger partial charge on any atom is 0.186 e. The molecule has 1 saturated carbocycles. The first-order valence-corrected chi connectivity index (χ1v) is 11.4. The lowest BCUT2D eigenvalue weighted by molar-refractivity contribution is 0.351. The van der Waals surface area contributed by atoms with E-state index in [1.54, 1.807) is 36.0 Å². The highest BCUT2D eigenvalue weighted by molar-refractivity contribution is 7.22. The number of hydrogen-bond acceptors (Lipinski definition) is 7. The van der Waals surface area contributed by atoms with Crippen molar-refractivity contribution in [2.45, 2.75) is 37.8 Å². The van der Waals surface area contributed by atoms with Crippen LogP contribution in [-0.4, -0.2) is 51.5 Å². The fourth-order valence-corrected chi connectivity index (χ4v) is 5.37. The van der Waals surface area contributed by atoms with Gasteiger partial charge in [0.1, 0.15) is 11.3 Å². The van der Waals surface area contributed by atoms with E-state index in [0.717, 1.165) is 32.2 Å². The van der Waals surface area contributed by atoms with Crippen molar-refractivity contribution in [3.8, 4) is 28.1 Å². The van der Waals surface area contributed by atoms with Crippen molar-refractivity contribution < 1.29 is 5.11 Å². The van der Waals surface area contributed by atoms with Gasteiger partial charge in [0.25, 0.3) is 0 Å². The second kappa shape index (κ2) is 8.28. The van der Waals surface area contributed by atoms with Crippen molar-refractivity contribution in [2.24, 2.45) is 0 Å². The molecular weight excluding hydrogens is 408 g/mol. The Morgan fingerprint density at radius 3 is 2.68 bits per heavy atom. The maximum absolute atomic E-state index is 10.6. The van der Waals surface area contributed by atoms with Gasteiger partial charge in [0.2, 0.25) is 0 Å². The van der Waals surface area contributed by atoms with Crippen LogP contribution in [0.1, 0.15) is 25.7 Å². The Hall–Kier alpha value is -2.97. The average molecular weight is 435 g/mol. The van der Waals surface area contributed by atoms with Gasteiger partial charge < -0.3 is 15.3 Å². The van der Waals surface area contributed by atoms with Crippen LogP contribution in [0.2, 0.25) is 0 Å². The highest BCUT2D eigenvalue weighted by Gasteiger charge is 2.25. The summed E-state index contributed by atoms with van der Waals surface area (Å²) in [6.45, 7) is 0. The molecule has 1 aliphatic carbocycles. The van der Waals surface area contributed by atoms with Gasteiger partial charge in [-0.2, -0.15) is 5.10 Å². The molecule has 0 bridgehead atoms. The number of nitrogens with zero attached hydrogens (tertiary/aromatic N) is 4. The molecule has 0 spiro atoms. The van der Waals surface area contributed by atoms with Crippen molar-refractivity contribution in [3.05, 3.63) is 42.9 Å². The predicted molar refractivity (Wildman–Crippen MR) is 126 cm³/mol. The molecule has 5 rings (SSSR count). The van der Waals surface area contributed by atoms with Gasteiger partial charge in [-0.3, -0.25) is 10.1 Å². The first-order chi connectivity index (χ1) is 15.1. The lowest BCUT2D eigenvalue weighted by atomic mass is 9.91. The molecule has 0 amide bonds. The molecule has 1 fully saturated rings. The fraction of sp³-hybridized carbons (Fsp3) is 0.348. The zero-order valence-electron chi connectivity index (χ0n) is 17.7. The molecule has 0 aliphatic heterocycles. The summed E-state index contributed by atoms with van der Waals surface area (Å²) in [4.78, 5) is 11.7. The quantitative estimate of drug-likeness (QED) is 0.431. The third-order valence-electron chi connectivity index (χ3n) is 6.32. The third kappa shape index (κ3) is 3.88. The van der Waals surface area contributed by atoms with Crippen LogP contribution in [0.15, 0.2) is 42.9 Å². The second-order valence-corrected chi connectivity index (χ2v) is 9.17. The number of aromatic nitrogens is 4. The Morgan fingerprint density at radius 2 is 1.97 bits per heavy atom. The molecule has 31 heavy (non-hydrogen) atoms. The van der Waals surface area contributed by atoms with Gasteiger partial charge in [0.15, 0.2) is 5.13 Å². The highest BCUT2D eigenvalue weighted by Crippen LogP contribution is 2.36. The van der Waals surface area contributed by atoms with Crippen LogP contribution in [0.25, 0.3) is 32.6 Å². The Kier molecular flexibility index (Phi) is 5.33. The van der Waals surface area contributed by atoms with Crippen LogP contribution < -0.4 is 10.2 Å². The number of aromatic hydroxyl groups is 1. The number of phenolic OH excluding ortho intramolecular Hbond substituents is 1. The summed E-state index contributed by atoms with van der Waals surface area (Å²) in [5.41, 5.74) is 4.20. The number of aromatic amines is 1. The monoisotopic (exact) mass is 434 g/mol. The molecule has 3 heterocycles. The minimum atomic E-state index is 0.203. The zero-order valence-corrected chi connectivity index (χ0v) is 18.5. The summed E-state index contributed by atoms with van der Waals surface area (Å²) >= 11 is 1.69. The van der Waals surface area contributed by atoms with Crippen molar-refractivity contribution >= 4 is 26.7 Å². The summed E-state index contributed by atoms with van der Waals surface area (Å²) in [5, 5.41) is 21.8.